The number of aliphatic hydroxyl groups excluding tert-OH is 6. The standard InChI is InChI=1S/C55H94N14O25/c1-11-23(6)39(52(90)65-38(22(4)5)51(89)62-32(17-34(57)76)47(85)63-33(20-71)49(87)68-42(26(9)74)54(92)69-43(27(10)75)55(93)94)66-48(86)31(16-21(2)3)61-53(91)41(25(8)73)64-35(77)18-58-50(88)40(24(7)72)67-46(84)30(13-15-37(80)81)60-45(83)29(12-14-36(78)79)59-44(82)28(56)19-70/h21-33,38-43,70-75H,11-20,56H2,1-10H3,(H2,57,76)(H,58,88)(H,59,82)(H,60,83)(H,61,91)(H,62,89)(H,63,85)(H,64,77)(H,65,90)(H,66,86)(H,67,84)(H,68,87)(H,69,92)(H,78,79)(H,80,81)(H,93,94)/t23-,24+,25+,26+,27+,28-,29-,30-,31-,32-,33-,38-,39-,40-,41-,42-,43-/m0/s1. The van der Waals surface area contributed by atoms with Gasteiger partial charge in [0.1, 0.15) is 66.5 Å². The number of primary amides is 1. The van der Waals surface area contributed by atoms with Crippen LogP contribution < -0.4 is 75.3 Å². The molecule has 39 heteroatoms. The van der Waals surface area contributed by atoms with Crippen molar-refractivity contribution in [2.45, 2.75) is 211 Å². The van der Waals surface area contributed by atoms with Crippen molar-refractivity contribution in [2.75, 3.05) is 19.8 Å². The summed E-state index contributed by atoms with van der Waals surface area (Å²) in [5.74, 6) is -21.9. The number of nitrogens with two attached hydrogens (primary N) is 2. The number of aliphatic carboxylic acids is 3. The van der Waals surface area contributed by atoms with E-state index in [0.29, 0.717) is 0 Å². The van der Waals surface area contributed by atoms with E-state index >= 15 is 0 Å². The fraction of sp³-hybridized carbons (Fsp3) is 0.709. The highest BCUT2D eigenvalue weighted by Gasteiger charge is 2.40. The third-order valence-electron chi connectivity index (χ3n) is 14.0. The number of rotatable bonds is 44. The molecule has 0 aromatic rings. The smallest absolute Gasteiger partial charge is 0.328 e. The molecule has 0 aromatic carbocycles. The first kappa shape index (κ1) is 85.2. The fourth-order valence-electron chi connectivity index (χ4n) is 8.40. The Morgan fingerprint density at radius 2 is 0.745 bits per heavy atom. The van der Waals surface area contributed by atoms with Crippen molar-refractivity contribution in [3.05, 3.63) is 0 Å². The Kier molecular flexibility index (Phi) is 37.9. The van der Waals surface area contributed by atoms with Crippen LogP contribution in [0.2, 0.25) is 0 Å². The molecule has 0 radical (unpaired) electrons. The van der Waals surface area contributed by atoms with E-state index in [-0.39, 0.29) is 18.8 Å². The van der Waals surface area contributed by atoms with E-state index in [1.54, 1.807) is 27.7 Å². The van der Waals surface area contributed by atoms with Gasteiger partial charge in [-0.2, -0.15) is 0 Å². The zero-order chi connectivity index (χ0) is 72.8. The zero-order valence-corrected chi connectivity index (χ0v) is 53.8. The lowest BCUT2D eigenvalue weighted by Crippen LogP contribution is -2.63. The van der Waals surface area contributed by atoms with Crippen LogP contribution in [0.3, 0.4) is 0 Å². The summed E-state index contributed by atoms with van der Waals surface area (Å²) in [6.45, 7) is 10.5. The molecule has 0 aliphatic heterocycles. The molecule has 0 heterocycles. The summed E-state index contributed by atoms with van der Waals surface area (Å²) < 4.78 is 0. The summed E-state index contributed by atoms with van der Waals surface area (Å²) in [4.78, 5) is 208. The number of hydrogen-bond donors (Lipinski definition) is 23. The summed E-state index contributed by atoms with van der Waals surface area (Å²) in [6.07, 6.45) is -10.4. The number of nitrogens with one attached hydrogen (secondary N) is 12. The van der Waals surface area contributed by atoms with Gasteiger partial charge >= 0.3 is 17.9 Å². The third kappa shape index (κ3) is 30.3. The summed E-state index contributed by atoms with van der Waals surface area (Å²) in [5.41, 5.74) is 10.9. The number of carboxylic acid groups (broad SMARTS) is 3. The topological polar surface area (TPSA) is 652 Å². The normalized spacial score (nSPS) is 16.7. The molecule has 39 nitrogen and oxygen atoms in total. The van der Waals surface area contributed by atoms with Gasteiger partial charge in [-0.05, 0) is 64.7 Å². The van der Waals surface area contributed by atoms with Crippen molar-refractivity contribution in [3.8, 4) is 0 Å². The molecule has 0 aliphatic rings. The van der Waals surface area contributed by atoms with Crippen molar-refractivity contribution in [1.29, 1.82) is 0 Å². The second-order valence-corrected chi connectivity index (χ2v) is 23.1. The van der Waals surface area contributed by atoms with Crippen LogP contribution in [-0.2, 0) is 76.7 Å². The van der Waals surface area contributed by atoms with Crippen LogP contribution >= 0.6 is 0 Å². The minimum absolute atomic E-state index is 0.135. The largest absolute Gasteiger partial charge is 0.481 e. The molecule has 0 saturated carbocycles. The Labute approximate surface area is 539 Å². The molecule has 0 aliphatic carbocycles. The first-order valence-corrected chi connectivity index (χ1v) is 29.8. The van der Waals surface area contributed by atoms with Gasteiger partial charge < -0.3 is 121 Å². The van der Waals surface area contributed by atoms with Gasteiger partial charge in [-0.25, -0.2) is 4.79 Å². The minimum atomic E-state index is -1.97. The molecule has 0 unspecified atom stereocenters. The molecule has 25 N–H and O–H groups in total. The third-order valence-corrected chi connectivity index (χ3v) is 14.0. The lowest BCUT2D eigenvalue weighted by molar-refractivity contribution is -0.146. The van der Waals surface area contributed by atoms with Gasteiger partial charge in [-0.15, -0.1) is 0 Å². The first-order chi connectivity index (χ1) is 43.5. The molecule has 13 amide bonds. The summed E-state index contributed by atoms with van der Waals surface area (Å²) >= 11 is 0. The first-order valence-electron chi connectivity index (χ1n) is 29.8. The average Bonchev–Trinajstić information content (AvgIpc) is 0.882. The van der Waals surface area contributed by atoms with Crippen LogP contribution in [0.1, 0.15) is 114 Å². The Morgan fingerprint density at radius 3 is 1.17 bits per heavy atom. The zero-order valence-electron chi connectivity index (χ0n) is 53.8. The lowest BCUT2D eigenvalue weighted by Gasteiger charge is -2.31. The summed E-state index contributed by atoms with van der Waals surface area (Å²) in [6, 6.07) is -21.2. The minimum Gasteiger partial charge on any atom is -0.481 e. The second kappa shape index (κ2) is 41.7. The van der Waals surface area contributed by atoms with Crippen LogP contribution in [0, 0.1) is 17.8 Å². The highest BCUT2D eigenvalue weighted by Crippen LogP contribution is 2.14. The predicted octanol–water partition coefficient (Wildman–Crippen LogP) is -10.3. The van der Waals surface area contributed by atoms with E-state index in [1.807, 2.05) is 10.6 Å². The van der Waals surface area contributed by atoms with Crippen molar-refractivity contribution in [1.82, 2.24) is 63.8 Å². The highest BCUT2D eigenvalue weighted by molar-refractivity contribution is 6.00. The van der Waals surface area contributed by atoms with Gasteiger partial charge in [-0.3, -0.25) is 71.9 Å². The molecule has 534 valence electrons. The van der Waals surface area contributed by atoms with Crippen LogP contribution in [0.15, 0.2) is 0 Å². The number of hydrogen-bond acceptors (Lipinski definition) is 23. The summed E-state index contributed by atoms with van der Waals surface area (Å²) in [7, 11) is 0. The van der Waals surface area contributed by atoms with Gasteiger partial charge in [0.05, 0.1) is 50.6 Å². The number of carbonyl (C=O) groups is 16. The maximum absolute atomic E-state index is 14.2. The van der Waals surface area contributed by atoms with E-state index < -0.39 is 255 Å². The Balaban J connectivity index is 6.52. The Hall–Kier alpha value is -8.76. The van der Waals surface area contributed by atoms with Crippen LogP contribution in [0.5, 0.6) is 0 Å². The monoisotopic (exact) mass is 1350 g/mol. The molecule has 0 bridgehead atoms. The second-order valence-electron chi connectivity index (χ2n) is 23.1. The Bertz CT molecular complexity index is 2660. The predicted molar refractivity (Wildman–Crippen MR) is 322 cm³/mol. The van der Waals surface area contributed by atoms with E-state index in [1.165, 1.54) is 13.8 Å². The fourth-order valence-corrected chi connectivity index (χ4v) is 8.40. The lowest BCUT2D eigenvalue weighted by atomic mass is 9.95. The molecular formula is C55H94N14O25. The van der Waals surface area contributed by atoms with E-state index in [9.17, 15) is 123 Å². The Morgan fingerprint density at radius 1 is 0.394 bits per heavy atom. The molecular weight excluding hydrogens is 1260 g/mol. The molecule has 0 saturated heterocycles. The van der Waals surface area contributed by atoms with Crippen molar-refractivity contribution < 1.29 is 123 Å². The van der Waals surface area contributed by atoms with Gasteiger partial charge in [0, 0.05) is 12.8 Å². The number of carboxylic acids is 3. The number of amides is 13. The van der Waals surface area contributed by atoms with Crippen LogP contribution in [0.4, 0.5) is 0 Å². The summed E-state index contributed by atoms with van der Waals surface area (Å²) in [5, 5.41) is 115. The maximum Gasteiger partial charge on any atom is 0.328 e. The van der Waals surface area contributed by atoms with Gasteiger partial charge in [0.15, 0.2) is 6.04 Å². The van der Waals surface area contributed by atoms with Gasteiger partial charge in [0.2, 0.25) is 76.8 Å². The number of carbonyl (C=O) groups excluding carboxylic acids is 13. The van der Waals surface area contributed by atoms with Gasteiger partial charge in [-0.1, -0.05) is 48.0 Å². The van der Waals surface area contributed by atoms with Crippen LogP contribution in [0.25, 0.3) is 0 Å². The molecule has 0 spiro atoms. The number of aliphatic hydroxyl groups is 6. The van der Waals surface area contributed by atoms with E-state index in [0.717, 1.165) is 27.7 Å². The molecule has 0 fully saturated rings. The molecule has 94 heavy (non-hydrogen) atoms. The average molecular weight is 1350 g/mol. The van der Waals surface area contributed by atoms with Crippen molar-refractivity contribution in [2.24, 2.45) is 29.2 Å². The maximum atomic E-state index is 14.2. The highest BCUT2D eigenvalue weighted by atomic mass is 16.4. The van der Waals surface area contributed by atoms with Crippen molar-refractivity contribution in [3.63, 3.8) is 0 Å². The van der Waals surface area contributed by atoms with E-state index in [2.05, 4.69) is 53.2 Å². The SMILES string of the molecule is CC[C@H](C)[C@H](NC(=O)[C@H](CC(C)C)NC(=O)[C@@H](NC(=O)CNC(=O)[C@@H](NC(=O)[C@H](CCC(=O)O)NC(=O)[C@H](CCC(=O)O)NC(=O)[C@@H](N)CO)[C@@H](C)O)[C@@H](C)O)C(=O)N[C@H](C(=O)N[C@@H](CC(N)=O)C(=O)N[C@@H](CO)C(=O)N[C@H](C(=O)N[C@H](C(=O)O)[C@@H](C)O)[C@@H](C)O)C(C)C. The van der Waals surface area contributed by atoms with Crippen LogP contribution in [-0.4, -0.2) is 257 Å². The van der Waals surface area contributed by atoms with Gasteiger partial charge in [0.25, 0.3) is 0 Å². The molecule has 0 rings (SSSR count). The van der Waals surface area contributed by atoms with Crippen molar-refractivity contribution >= 4 is 94.7 Å². The van der Waals surface area contributed by atoms with E-state index in [4.69, 9.17) is 11.5 Å². The quantitative estimate of drug-likeness (QED) is 0.0269. The molecule has 0 aromatic heterocycles. The molecule has 17 atom stereocenters.